The number of pyridine rings is 1. The SMILES string of the molecule is CC(=O)c1csc(NC(=O)c2cc(C3CC3)nc3c2cnn3C(C)C)n1. The molecular weight excluding hydrogens is 350 g/mol. The molecule has 134 valence electrons. The number of hydrogen-bond donors (Lipinski definition) is 1. The third kappa shape index (κ3) is 3.01. The molecule has 0 saturated heterocycles. The lowest BCUT2D eigenvalue weighted by atomic mass is 10.1. The molecule has 1 amide bonds. The molecule has 3 aromatic heterocycles. The Morgan fingerprint density at radius 2 is 2.08 bits per heavy atom. The largest absolute Gasteiger partial charge is 0.298 e. The predicted octanol–water partition coefficient (Wildman–Crippen LogP) is 3.80. The summed E-state index contributed by atoms with van der Waals surface area (Å²) in [4.78, 5) is 33.2. The summed E-state index contributed by atoms with van der Waals surface area (Å²) < 4.78 is 1.84. The zero-order valence-electron chi connectivity index (χ0n) is 14.8. The van der Waals surface area contributed by atoms with Crippen LogP contribution in [0, 0.1) is 0 Å². The van der Waals surface area contributed by atoms with Crippen LogP contribution in [0.2, 0.25) is 0 Å². The number of carbonyl (C=O) groups excluding carboxylic acids is 2. The highest BCUT2D eigenvalue weighted by Crippen LogP contribution is 2.40. The lowest BCUT2D eigenvalue weighted by molar-refractivity contribution is 0.100. The van der Waals surface area contributed by atoms with Crippen molar-refractivity contribution < 1.29 is 9.59 Å². The maximum Gasteiger partial charge on any atom is 0.258 e. The first-order chi connectivity index (χ1) is 12.4. The Balaban J connectivity index is 1.74. The van der Waals surface area contributed by atoms with Crippen molar-refractivity contribution in [2.45, 2.75) is 45.6 Å². The first-order valence-electron chi connectivity index (χ1n) is 8.60. The Bertz CT molecular complexity index is 1020. The van der Waals surface area contributed by atoms with Crippen molar-refractivity contribution in [3.63, 3.8) is 0 Å². The lowest BCUT2D eigenvalue weighted by Gasteiger charge is -2.10. The Hall–Kier alpha value is -2.61. The quantitative estimate of drug-likeness (QED) is 0.691. The first kappa shape index (κ1) is 16.8. The third-order valence-corrected chi connectivity index (χ3v) is 5.16. The van der Waals surface area contributed by atoms with Crippen LogP contribution in [0.25, 0.3) is 11.0 Å². The molecule has 1 saturated carbocycles. The molecular formula is C18H19N5O2S. The van der Waals surface area contributed by atoms with Gasteiger partial charge in [0, 0.05) is 30.0 Å². The molecule has 0 radical (unpaired) electrons. The van der Waals surface area contributed by atoms with Crippen LogP contribution < -0.4 is 5.32 Å². The summed E-state index contributed by atoms with van der Waals surface area (Å²) in [5, 5.41) is 9.99. The van der Waals surface area contributed by atoms with Gasteiger partial charge in [-0.2, -0.15) is 5.10 Å². The van der Waals surface area contributed by atoms with E-state index in [9.17, 15) is 9.59 Å². The number of hydrogen-bond acceptors (Lipinski definition) is 6. The van der Waals surface area contributed by atoms with Crippen molar-refractivity contribution >= 4 is 39.2 Å². The number of fused-ring (bicyclic) bond motifs is 1. The number of thiazole rings is 1. The number of aromatic nitrogens is 4. The molecule has 1 N–H and O–H groups in total. The highest BCUT2D eigenvalue weighted by Gasteiger charge is 2.28. The maximum atomic E-state index is 12.9. The zero-order valence-corrected chi connectivity index (χ0v) is 15.6. The fourth-order valence-electron chi connectivity index (χ4n) is 2.85. The van der Waals surface area contributed by atoms with E-state index in [1.54, 1.807) is 11.6 Å². The number of nitrogens with zero attached hydrogens (tertiary/aromatic N) is 4. The van der Waals surface area contributed by atoms with Gasteiger partial charge in [0.2, 0.25) is 0 Å². The van der Waals surface area contributed by atoms with Crippen LogP contribution in [0.5, 0.6) is 0 Å². The molecule has 3 aromatic rings. The van der Waals surface area contributed by atoms with E-state index in [1.807, 2.05) is 24.6 Å². The Morgan fingerprint density at radius 3 is 2.69 bits per heavy atom. The molecule has 3 heterocycles. The van der Waals surface area contributed by atoms with Crippen LogP contribution in [-0.2, 0) is 0 Å². The third-order valence-electron chi connectivity index (χ3n) is 4.40. The van der Waals surface area contributed by atoms with Gasteiger partial charge in [-0.25, -0.2) is 14.6 Å². The summed E-state index contributed by atoms with van der Waals surface area (Å²) >= 11 is 1.24. The predicted molar refractivity (Wildman–Crippen MR) is 100.0 cm³/mol. The molecule has 0 spiro atoms. The van der Waals surface area contributed by atoms with E-state index in [2.05, 4.69) is 15.4 Å². The topological polar surface area (TPSA) is 89.8 Å². The summed E-state index contributed by atoms with van der Waals surface area (Å²) in [5.41, 5.74) is 2.58. The van der Waals surface area contributed by atoms with Gasteiger partial charge in [-0.3, -0.25) is 14.9 Å². The van der Waals surface area contributed by atoms with Gasteiger partial charge < -0.3 is 0 Å². The van der Waals surface area contributed by atoms with Crippen molar-refractivity contribution in [3.05, 3.63) is 34.6 Å². The maximum absolute atomic E-state index is 12.9. The van der Waals surface area contributed by atoms with Gasteiger partial charge in [-0.1, -0.05) is 0 Å². The van der Waals surface area contributed by atoms with E-state index in [0.29, 0.717) is 22.3 Å². The van der Waals surface area contributed by atoms with E-state index in [4.69, 9.17) is 4.98 Å². The molecule has 1 aliphatic carbocycles. The highest BCUT2D eigenvalue weighted by atomic mass is 32.1. The van der Waals surface area contributed by atoms with Crippen LogP contribution in [0.4, 0.5) is 5.13 Å². The number of Topliss-reactive ketones (excluding diaryl/α,β-unsaturated/α-hetero) is 1. The second kappa shape index (κ2) is 6.28. The monoisotopic (exact) mass is 369 g/mol. The fourth-order valence-corrected chi connectivity index (χ4v) is 3.59. The van der Waals surface area contributed by atoms with Gasteiger partial charge in [0.1, 0.15) is 5.69 Å². The lowest BCUT2D eigenvalue weighted by Crippen LogP contribution is -2.14. The van der Waals surface area contributed by atoms with E-state index in [1.165, 1.54) is 18.3 Å². The van der Waals surface area contributed by atoms with Crippen LogP contribution >= 0.6 is 11.3 Å². The molecule has 8 heteroatoms. The van der Waals surface area contributed by atoms with E-state index in [0.717, 1.165) is 29.6 Å². The minimum atomic E-state index is -0.257. The zero-order chi connectivity index (χ0) is 18.4. The van der Waals surface area contributed by atoms with Crippen LogP contribution in [0.15, 0.2) is 17.6 Å². The molecule has 26 heavy (non-hydrogen) atoms. The average molecular weight is 369 g/mol. The van der Waals surface area contributed by atoms with Gasteiger partial charge in [-0.15, -0.1) is 11.3 Å². The van der Waals surface area contributed by atoms with E-state index < -0.39 is 0 Å². The van der Waals surface area contributed by atoms with Gasteiger partial charge >= 0.3 is 0 Å². The molecule has 7 nitrogen and oxygen atoms in total. The average Bonchev–Trinajstić information content (AvgIpc) is 3.18. The smallest absolute Gasteiger partial charge is 0.258 e. The number of ketones is 1. The highest BCUT2D eigenvalue weighted by molar-refractivity contribution is 7.14. The van der Waals surface area contributed by atoms with Crippen molar-refractivity contribution in [1.82, 2.24) is 19.7 Å². The van der Waals surface area contributed by atoms with Crippen LogP contribution in [-0.4, -0.2) is 31.4 Å². The number of amides is 1. The number of nitrogens with one attached hydrogen (secondary N) is 1. The van der Waals surface area contributed by atoms with E-state index >= 15 is 0 Å². The molecule has 4 rings (SSSR count). The van der Waals surface area contributed by atoms with Crippen molar-refractivity contribution in [3.8, 4) is 0 Å². The Morgan fingerprint density at radius 1 is 1.31 bits per heavy atom. The minimum Gasteiger partial charge on any atom is -0.298 e. The molecule has 0 unspecified atom stereocenters. The summed E-state index contributed by atoms with van der Waals surface area (Å²) in [5.74, 6) is 0.0416. The molecule has 1 aliphatic rings. The fraction of sp³-hybridized carbons (Fsp3) is 0.389. The van der Waals surface area contributed by atoms with Crippen molar-refractivity contribution in [2.75, 3.05) is 5.32 Å². The number of anilines is 1. The van der Waals surface area contributed by atoms with Crippen molar-refractivity contribution in [2.24, 2.45) is 0 Å². The second-order valence-electron chi connectivity index (χ2n) is 6.84. The summed E-state index contributed by atoms with van der Waals surface area (Å²) in [6.07, 6.45) is 3.89. The first-order valence-corrected chi connectivity index (χ1v) is 9.48. The Kier molecular flexibility index (Phi) is 4.07. The Labute approximate surface area is 154 Å². The van der Waals surface area contributed by atoms with Gasteiger partial charge in [0.25, 0.3) is 5.91 Å². The molecule has 0 atom stereocenters. The number of carbonyl (C=O) groups is 2. The number of rotatable bonds is 5. The van der Waals surface area contributed by atoms with Crippen LogP contribution in [0.3, 0.4) is 0 Å². The minimum absolute atomic E-state index is 0.123. The van der Waals surface area contributed by atoms with E-state index in [-0.39, 0.29) is 17.7 Å². The van der Waals surface area contributed by atoms with Gasteiger partial charge in [-0.05, 0) is 32.8 Å². The molecule has 1 fully saturated rings. The molecule has 0 aromatic carbocycles. The summed E-state index contributed by atoms with van der Waals surface area (Å²) in [7, 11) is 0. The summed E-state index contributed by atoms with van der Waals surface area (Å²) in [6, 6.07) is 2.02. The summed E-state index contributed by atoms with van der Waals surface area (Å²) in [6.45, 7) is 5.53. The standard InChI is InChI=1S/C18H19N5O2S/c1-9(2)23-16-13(7-19-23)12(6-14(20-16)11-4-5-11)17(25)22-18-21-15(8-26-18)10(3)24/h6-9,11H,4-5H2,1-3H3,(H,21,22,25). The van der Waals surface area contributed by atoms with Crippen LogP contribution in [0.1, 0.15) is 72.1 Å². The normalized spacial score (nSPS) is 14.2. The van der Waals surface area contributed by atoms with Gasteiger partial charge in [0.15, 0.2) is 16.6 Å². The molecule has 0 aliphatic heterocycles. The second-order valence-corrected chi connectivity index (χ2v) is 7.70. The molecule has 0 bridgehead atoms. The van der Waals surface area contributed by atoms with Gasteiger partial charge in [0.05, 0.1) is 17.1 Å². The van der Waals surface area contributed by atoms with Crippen molar-refractivity contribution in [1.29, 1.82) is 0 Å².